The number of carbonyl (C=O) groups excluding carboxylic acids is 1. The molecule has 7 heteroatoms. The van der Waals surface area contributed by atoms with Gasteiger partial charge in [-0.1, -0.05) is 0 Å². The molecule has 19 heavy (non-hydrogen) atoms. The summed E-state index contributed by atoms with van der Waals surface area (Å²) in [4.78, 5) is 11.6. The minimum absolute atomic E-state index is 0.0152. The van der Waals surface area contributed by atoms with Crippen molar-refractivity contribution in [3.05, 3.63) is 34.6 Å². The van der Waals surface area contributed by atoms with Crippen LogP contribution in [0.5, 0.6) is 0 Å². The van der Waals surface area contributed by atoms with Crippen LogP contribution >= 0.6 is 0 Å². The fourth-order valence-electron chi connectivity index (χ4n) is 1.76. The lowest BCUT2D eigenvalue weighted by atomic mass is 10.1. The van der Waals surface area contributed by atoms with Gasteiger partial charge in [0.2, 0.25) is 11.6 Å². The summed E-state index contributed by atoms with van der Waals surface area (Å²) >= 11 is 0. The fourth-order valence-corrected chi connectivity index (χ4v) is 1.76. The standard InChI is InChI=1S/C12H8F4O3/c1-3-18-12(17)5-4(2)19-11-6(5)7(13)8(14)9(15)10(11)16/h3H2,1-2H3. The molecule has 0 radical (unpaired) electrons. The molecule has 3 nitrogen and oxygen atoms in total. The van der Waals surface area contributed by atoms with Crippen molar-refractivity contribution in [1.29, 1.82) is 0 Å². The molecule has 0 saturated heterocycles. The highest BCUT2D eigenvalue weighted by atomic mass is 19.2. The Hall–Kier alpha value is -2.05. The summed E-state index contributed by atoms with van der Waals surface area (Å²) in [5, 5.41) is -0.757. The second kappa shape index (κ2) is 4.56. The first-order chi connectivity index (χ1) is 8.90. The van der Waals surface area contributed by atoms with Gasteiger partial charge in [-0.15, -0.1) is 0 Å². The van der Waals surface area contributed by atoms with Crippen LogP contribution in [-0.4, -0.2) is 12.6 Å². The van der Waals surface area contributed by atoms with E-state index >= 15 is 0 Å². The van der Waals surface area contributed by atoms with Gasteiger partial charge in [-0.05, 0) is 13.8 Å². The molecule has 0 aliphatic rings. The Morgan fingerprint density at radius 3 is 2.26 bits per heavy atom. The number of hydrogen-bond donors (Lipinski definition) is 0. The number of esters is 1. The van der Waals surface area contributed by atoms with E-state index in [1.54, 1.807) is 0 Å². The van der Waals surface area contributed by atoms with Gasteiger partial charge < -0.3 is 9.15 Å². The molecule has 0 aliphatic carbocycles. The van der Waals surface area contributed by atoms with E-state index in [0.29, 0.717) is 0 Å². The zero-order valence-electron chi connectivity index (χ0n) is 9.94. The number of furan rings is 1. The number of fused-ring (bicyclic) bond motifs is 1. The molecule has 2 aromatic rings. The van der Waals surface area contributed by atoms with Crippen molar-refractivity contribution in [3.8, 4) is 0 Å². The first-order valence-electron chi connectivity index (χ1n) is 5.32. The van der Waals surface area contributed by atoms with Gasteiger partial charge in [-0.25, -0.2) is 18.0 Å². The SMILES string of the molecule is CCOC(=O)c1c(C)oc2c(F)c(F)c(F)c(F)c12. The van der Waals surface area contributed by atoms with Gasteiger partial charge in [0.05, 0.1) is 12.0 Å². The maximum absolute atomic E-state index is 13.7. The first kappa shape index (κ1) is 13.4. The minimum atomic E-state index is -2.00. The lowest BCUT2D eigenvalue weighted by Gasteiger charge is -2.02. The molecule has 0 saturated carbocycles. The molecule has 0 spiro atoms. The van der Waals surface area contributed by atoms with Crippen molar-refractivity contribution in [2.45, 2.75) is 13.8 Å². The van der Waals surface area contributed by atoms with Gasteiger partial charge >= 0.3 is 5.97 Å². The predicted octanol–water partition coefficient (Wildman–Crippen LogP) is 3.47. The minimum Gasteiger partial charge on any atom is -0.462 e. The van der Waals surface area contributed by atoms with Gasteiger partial charge in [0.1, 0.15) is 11.3 Å². The molecule has 0 bridgehead atoms. The van der Waals surface area contributed by atoms with Crippen LogP contribution in [0.15, 0.2) is 4.42 Å². The molecule has 1 aromatic carbocycles. The van der Waals surface area contributed by atoms with Crippen LogP contribution in [0.1, 0.15) is 23.0 Å². The Balaban J connectivity index is 2.87. The van der Waals surface area contributed by atoms with E-state index < -0.39 is 45.8 Å². The molecular formula is C12H8F4O3. The second-order valence-corrected chi connectivity index (χ2v) is 3.71. The Labute approximate surface area is 104 Å². The van der Waals surface area contributed by atoms with Crippen molar-refractivity contribution in [3.63, 3.8) is 0 Å². The Kier molecular flexibility index (Phi) is 3.21. The summed E-state index contributed by atoms with van der Waals surface area (Å²) < 4.78 is 62.8. The van der Waals surface area contributed by atoms with E-state index in [2.05, 4.69) is 4.74 Å². The largest absolute Gasteiger partial charge is 0.462 e. The van der Waals surface area contributed by atoms with Crippen molar-refractivity contribution < 1.29 is 31.5 Å². The third-order valence-corrected chi connectivity index (χ3v) is 2.56. The molecule has 1 aromatic heterocycles. The maximum Gasteiger partial charge on any atom is 0.342 e. The molecule has 2 rings (SSSR count). The molecule has 0 fully saturated rings. The van der Waals surface area contributed by atoms with E-state index in [-0.39, 0.29) is 12.4 Å². The Morgan fingerprint density at radius 1 is 1.11 bits per heavy atom. The number of benzene rings is 1. The summed E-state index contributed by atoms with van der Waals surface area (Å²) in [5.74, 6) is -8.55. The van der Waals surface area contributed by atoms with E-state index in [1.807, 2.05) is 0 Å². The zero-order valence-corrected chi connectivity index (χ0v) is 9.94. The van der Waals surface area contributed by atoms with E-state index in [0.717, 1.165) is 0 Å². The van der Waals surface area contributed by atoms with Gasteiger partial charge in [0.15, 0.2) is 17.2 Å². The van der Waals surface area contributed by atoms with Crippen LogP contribution < -0.4 is 0 Å². The van der Waals surface area contributed by atoms with Gasteiger partial charge in [-0.2, -0.15) is 4.39 Å². The van der Waals surface area contributed by atoms with Crippen molar-refractivity contribution in [2.75, 3.05) is 6.61 Å². The molecular weight excluding hydrogens is 268 g/mol. The predicted molar refractivity (Wildman–Crippen MR) is 56.7 cm³/mol. The van der Waals surface area contributed by atoms with E-state index in [9.17, 15) is 22.4 Å². The lowest BCUT2D eigenvalue weighted by Crippen LogP contribution is -2.07. The van der Waals surface area contributed by atoms with Gasteiger partial charge in [0, 0.05) is 0 Å². The molecule has 0 amide bonds. The summed E-state index contributed by atoms with van der Waals surface area (Å²) in [6.07, 6.45) is 0. The number of hydrogen-bond acceptors (Lipinski definition) is 3. The third kappa shape index (κ3) is 1.85. The maximum atomic E-state index is 13.7. The van der Waals surface area contributed by atoms with E-state index in [1.165, 1.54) is 13.8 Å². The average Bonchev–Trinajstić information content (AvgIpc) is 2.72. The zero-order chi connectivity index (χ0) is 14.3. The average molecular weight is 276 g/mol. The molecule has 0 N–H and O–H groups in total. The van der Waals surface area contributed by atoms with Gasteiger partial charge in [0.25, 0.3) is 0 Å². The molecule has 0 atom stereocenters. The van der Waals surface area contributed by atoms with Crippen LogP contribution in [0.3, 0.4) is 0 Å². The molecule has 1 heterocycles. The Morgan fingerprint density at radius 2 is 1.68 bits per heavy atom. The summed E-state index contributed by atoms with van der Waals surface area (Å²) in [5.41, 5.74) is -1.30. The summed E-state index contributed by atoms with van der Waals surface area (Å²) in [6.45, 7) is 2.73. The fraction of sp³-hybridized carbons (Fsp3) is 0.250. The highest BCUT2D eigenvalue weighted by molar-refractivity contribution is 6.04. The number of rotatable bonds is 2. The van der Waals surface area contributed by atoms with Crippen LogP contribution in [0.4, 0.5) is 17.6 Å². The molecule has 102 valence electrons. The van der Waals surface area contributed by atoms with Crippen LogP contribution in [-0.2, 0) is 4.74 Å². The van der Waals surface area contributed by atoms with Crippen molar-refractivity contribution in [1.82, 2.24) is 0 Å². The normalized spacial score (nSPS) is 11.1. The summed E-state index contributed by atoms with van der Waals surface area (Å²) in [6, 6.07) is 0. The van der Waals surface area contributed by atoms with Crippen LogP contribution in [0, 0.1) is 30.2 Å². The highest BCUT2D eigenvalue weighted by Gasteiger charge is 2.30. The number of halogens is 4. The second-order valence-electron chi connectivity index (χ2n) is 3.71. The molecule has 0 aliphatic heterocycles. The van der Waals surface area contributed by atoms with Crippen LogP contribution in [0.25, 0.3) is 11.0 Å². The van der Waals surface area contributed by atoms with Crippen molar-refractivity contribution in [2.24, 2.45) is 0 Å². The van der Waals surface area contributed by atoms with E-state index in [4.69, 9.17) is 4.42 Å². The third-order valence-electron chi connectivity index (χ3n) is 2.56. The monoisotopic (exact) mass is 276 g/mol. The first-order valence-corrected chi connectivity index (χ1v) is 5.32. The number of aryl methyl sites for hydroxylation is 1. The quantitative estimate of drug-likeness (QED) is 0.365. The van der Waals surface area contributed by atoms with Crippen molar-refractivity contribution >= 4 is 16.9 Å². The summed E-state index contributed by atoms with van der Waals surface area (Å²) in [7, 11) is 0. The number of carbonyl (C=O) groups is 1. The highest BCUT2D eigenvalue weighted by Crippen LogP contribution is 2.33. The Bertz CT molecular complexity index is 676. The smallest absolute Gasteiger partial charge is 0.342 e. The topological polar surface area (TPSA) is 39.4 Å². The van der Waals surface area contributed by atoms with Gasteiger partial charge in [-0.3, -0.25) is 0 Å². The molecule has 0 unspecified atom stereocenters. The van der Waals surface area contributed by atoms with Crippen LogP contribution in [0.2, 0.25) is 0 Å². The number of ether oxygens (including phenoxy) is 1. The lowest BCUT2D eigenvalue weighted by molar-refractivity contribution is 0.0526.